The van der Waals surface area contributed by atoms with Gasteiger partial charge in [-0.3, -0.25) is 4.90 Å². The minimum Gasteiger partial charge on any atom is -0.497 e. The smallest absolute Gasteiger partial charge is 0.411 e. The number of benzene rings is 1. The van der Waals surface area contributed by atoms with Gasteiger partial charge in [-0.15, -0.1) is 4.73 Å². The lowest BCUT2D eigenvalue weighted by Crippen LogP contribution is -2.50. The zero-order chi connectivity index (χ0) is 22.5. The van der Waals surface area contributed by atoms with Gasteiger partial charge in [0.15, 0.2) is 0 Å². The van der Waals surface area contributed by atoms with E-state index in [4.69, 9.17) is 14.3 Å². The summed E-state index contributed by atoms with van der Waals surface area (Å²) in [4.78, 5) is 31.9. The number of carbonyl (C=O) groups excluding carboxylic acids is 2. The molecule has 2 N–H and O–H groups in total. The molecule has 0 bridgehead atoms. The SMILES string of the molecule is COc1ccc(CN(C(=O)OC(C)(C)C)[C@H](CS)C(=O)On2c(O)ccc2O)cc1. The summed E-state index contributed by atoms with van der Waals surface area (Å²) in [5.41, 5.74) is -0.0787. The van der Waals surface area contributed by atoms with E-state index in [0.717, 1.165) is 12.1 Å². The second-order valence-corrected chi connectivity index (χ2v) is 7.77. The molecule has 0 saturated heterocycles. The quantitative estimate of drug-likeness (QED) is 0.570. The highest BCUT2D eigenvalue weighted by atomic mass is 32.1. The molecule has 0 radical (unpaired) electrons. The first kappa shape index (κ1) is 23.3. The Balaban J connectivity index is 2.31. The number of aromatic nitrogens is 1. The van der Waals surface area contributed by atoms with Crippen LogP contribution < -0.4 is 9.57 Å². The predicted molar refractivity (Wildman–Crippen MR) is 112 cm³/mol. The molecule has 2 aromatic rings. The molecular weight excluding hydrogens is 412 g/mol. The average molecular weight is 439 g/mol. The first-order valence-electron chi connectivity index (χ1n) is 9.11. The molecule has 0 unspecified atom stereocenters. The van der Waals surface area contributed by atoms with Gasteiger partial charge in [-0.2, -0.15) is 12.6 Å². The average Bonchev–Trinajstić information content (AvgIpc) is 2.99. The Hall–Kier alpha value is -3.01. The van der Waals surface area contributed by atoms with Crippen LogP contribution in [0.3, 0.4) is 0 Å². The van der Waals surface area contributed by atoms with E-state index in [9.17, 15) is 19.8 Å². The van der Waals surface area contributed by atoms with Crippen LogP contribution in [-0.4, -0.2) is 56.4 Å². The summed E-state index contributed by atoms with van der Waals surface area (Å²) in [6.45, 7) is 5.16. The Bertz CT molecular complexity index is 855. The van der Waals surface area contributed by atoms with Crippen LogP contribution in [0.4, 0.5) is 4.79 Å². The zero-order valence-electron chi connectivity index (χ0n) is 17.2. The van der Waals surface area contributed by atoms with Crippen LogP contribution in [0.2, 0.25) is 0 Å². The van der Waals surface area contributed by atoms with Crippen molar-refractivity contribution < 1.29 is 34.1 Å². The second-order valence-electron chi connectivity index (χ2n) is 7.41. The van der Waals surface area contributed by atoms with E-state index in [1.165, 1.54) is 4.90 Å². The van der Waals surface area contributed by atoms with Gasteiger partial charge in [0, 0.05) is 24.4 Å². The Kier molecular flexibility index (Phi) is 7.49. The number of rotatable bonds is 7. The van der Waals surface area contributed by atoms with Crippen LogP contribution in [-0.2, 0) is 16.1 Å². The van der Waals surface area contributed by atoms with Gasteiger partial charge in [-0.05, 0) is 38.5 Å². The maximum absolute atomic E-state index is 12.9. The summed E-state index contributed by atoms with van der Waals surface area (Å²) in [7, 11) is 1.54. The van der Waals surface area contributed by atoms with E-state index in [1.54, 1.807) is 52.1 Å². The number of ether oxygens (including phenoxy) is 2. The molecule has 9 nitrogen and oxygen atoms in total. The molecule has 0 saturated carbocycles. The Morgan fingerprint density at radius 2 is 1.67 bits per heavy atom. The molecular formula is C20H26N2O7S. The van der Waals surface area contributed by atoms with Gasteiger partial charge in [0.05, 0.1) is 7.11 Å². The van der Waals surface area contributed by atoms with Crippen LogP contribution in [0.25, 0.3) is 0 Å². The van der Waals surface area contributed by atoms with E-state index in [1.807, 2.05) is 0 Å². The topological polar surface area (TPSA) is 110 Å². The highest BCUT2D eigenvalue weighted by Gasteiger charge is 2.34. The molecule has 30 heavy (non-hydrogen) atoms. The van der Waals surface area contributed by atoms with Gasteiger partial charge in [0.25, 0.3) is 0 Å². The monoisotopic (exact) mass is 438 g/mol. The van der Waals surface area contributed by atoms with Crippen LogP contribution in [0.5, 0.6) is 17.5 Å². The molecule has 0 spiro atoms. The molecule has 1 atom stereocenters. The number of hydrogen-bond donors (Lipinski definition) is 3. The largest absolute Gasteiger partial charge is 0.497 e. The molecule has 0 fully saturated rings. The summed E-state index contributed by atoms with van der Waals surface area (Å²) in [6.07, 6.45) is -0.740. The van der Waals surface area contributed by atoms with Crippen molar-refractivity contribution in [2.75, 3.05) is 12.9 Å². The molecule has 1 amide bonds. The Morgan fingerprint density at radius 3 is 2.13 bits per heavy atom. The molecule has 1 aromatic carbocycles. The van der Waals surface area contributed by atoms with Crippen molar-refractivity contribution in [2.24, 2.45) is 0 Å². The van der Waals surface area contributed by atoms with Gasteiger partial charge in [-0.1, -0.05) is 12.1 Å². The van der Waals surface area contributed by atoms with Crippen molar-refractivity contribution in [3.8, 4) is 17.5 Å². The van der Waals surface area contributed by atoms with E-state index < -0.39 is 35.5 Å². The van der Waals surface area contributed by atoms with E-state index in [0.29, 0.717) is 16.0 Å². The highest BCUT2D eigenvalue weighted by molar-refractivity contribution is 7.80. The maximum atomic E-state index is 12.9. The van der Waals surface area contributed by atoms with Crippen molar-refractivity contribution in [3.63, 3.8) is 0 Å². The summed E-state index contributed by atoms with van der Waals surface area (Å²) < 4.78 is 11.1. The molecule has 10 heteroatoms. The number of hydrogen-bond acceptors (Lipinski definition) is 8. The fourth-order valence-corrected chi connectivity index (χ4v) is 2.84. The molecule has 1 aromatic heterocycles. The lowest BCUT2D eigenvalue weighted by molar-refractivity contribution is -0.151. The minimum absolute atomic E-state index is 0.0306. The third-order valence-electron chi connectivity index (χ3n) is 3.94. The molecule has 0 aliphatic carbocycles. The van der Waals surface area contributed by atoms with Crippen molar-refractivity contribution in [1.29, 1.82) is 0 Å². The molecule has 0 aliphatic heterocycles. The lowest BCUT2D eigenvalue weighted by Gasteiger charge is -2.31. The third kappa shape index (κ3) is 5.99. The standard InChI is InChI=1S/C20H26N2O7S/c1-20(2,3)28-19(26)21(11-13-5-7-14(27-4)8-6-13)15(12-30)18(25)29-22-16(23)9-10-17(22)24/h5-10,15,23-24,30H,11-12H2,1-4H3/t15-/m1/s1. The summed E-state index contributed by atoms with van der Waals surface area (Å²) >= 11 is 4.20. The van der Waals surface area contributed by atoms with Crippen LogP contribution >= 0.6 is 12.6 Å². The van der Waals surface area contributed by atoms with Crippen LogP contribution in [0.1, 0.15) is 26.3 Å². The van der Waals surface area contributed by atoms with Gasteiger partial charge in [0.1, 0.15) is 17.4 Å². The van der Waals surface area contributed by atoms with Crippen molar-refractivity contribution >= 4 is 24.7 Å². The number of thiol groups is 1. The fourth-order valence-electron chi connectivity index (χ4n) is 2.50. The fraction of sp³-hybridized carbons (Fsp3) is 0.400. The first-order chi connectivity index (χ1) is 14.1. The number of carbonyl (C=O) groups is 2. The molecule has 0 aliphatic rings. The normalized spacial score (nSPS) is 12.2. The Morgan fingerprint density at radius 1 is 1.10 bits per heavy atom. The summed E-state index contributed by atoms with van der Waals surface area (Å²) in [5, 5.41) is 19.4. The predicted octanol–water partition coefficient (Wildman–Crippen LogP) is 2.60. The molecule has 1 heterocycles. The first-order valence-corrected chi connectivity index (χ1v) is 9.74. The van der Waals surface area contributed by atoms with Crippen LogP contribution in [0, 0.1) is 0 Å². The van der Waals surface area contributed by atoms with Gasteiger partial charge in [-0.25, -0.2) is 9.59 Å². The third-order valence-corrected chi connectivity index (χ3v) is 4.29. The van der Waals surface area contributed by atoms with Crippen molar-refractivity contribution in [2.45, 2.75) is 39.0 Å². The maximum Gasteiger partial charge on any atom is 0.411 e. The Labute approximate surface area is 180 Å². The van der Waals surface area contributed by atoms with E-state index in [-0.39, 0.29) is 12.3 Å². The zero-order valence-corrected chi connectivity index (χ0v) is 18.1. The van der Waals surface area contributed by atoms with Gasteiger partial charge >= 0.3 is 12.1 Å². The summed E-state index contributed by atoms with van der Waals surface area (Å²) in [5.74, 6) is -1.30. The highest BCUT2D eigenvalue weighted by Crippen LogP contribution is 2.21. The number of aromatic hydroxyl groups is 2. The van der Waals surface area contributed by atoms with E-state index >= 15 is 0 Å². The van der Waals surface area contributed by atoms with Crippen LogP contribution in [0.15, 0.2) is 36.4 Å². The number of nitrogens with zero attached hydrogens (tertiary/aromatic N) is 2. The number of methoxy groups -OCH3 is 1. The minimum atomic E-state index is -1.16. The molecule has 164 valence electrons. The lowest BCUT2D eigenvalue weighted by atomic mass is 10.1. The van der Waals surface area contributed by atoms with Crippen molar-refractivity contribution in [3.05, 3.63) is 42.0 Å². The van der Waals surface area contributed by atoms with Gasteiger partial charge in [0.2, 0.25) is 11.8 Å². The second kappa shape index (κ2) is 9.66. The van der Waals surface area contributed by atoms with E-state index in [2.05, 4.69) is 12.6 Å². The number of amides is 1. The van der Waals surface area contributed by atoms with Gasteiger partial charge < -0.3 is 24.5 Å². The van der Waals surface area contributed by atoms with Crippen molar-refractivity contribution in [1.82, 2.24) is 9.63 Å². The summed E-state index contributed by atoms with van der Waals surface area (Å²) in [6, 6.07) is 8.11. The molecule has 2 rings (SSSR count).